The van der Waals surface area contributed by atoms with Gasteiger partial charge >= 0.3 is 0 Å². The fraction of sp³-hybridized carbons (Fsp3) is 0.533. The first-order chi connectivity index (χ1) is 9.54. The van der Waals surface area contributed by atoms with Crippen molar-refractivity contribution in [3.8, 4) is 0 Å². The second kappa shape index (κ2) is 6.68. The predicted octanol–water partition coefficient (Wildman–Crippen LogP) is 3.83. The Morgan fingerprint density at radius 1 is 1.35 bits per heavy atom. The molecule has 0 aliphatic heterocycles. The van der Waals surface area contributed by atoms with Gasteiger partial charge in [0, 0.05) is 10.9 Å². The summed E-state index contributed by atoms with van der Waals surface area (Å²) in [5, 5.41) is 2.65. The Bertz CT molecular complexity index is 487. The smallest absolute Gasteiger partial charge is 0.225 e. The monoisotopic (exact) mass is 342 g/mol. The highest BCUT2D eigenvalue weighted by atomic mass is 79.9. The fourth-order valence-electron chi connectivity index (χ4n) is 2.88. The number of carbonyl (C=O) groups excluding carboxylic acids is 1. The molecule has 0 bridgehead atoms. The maximum atomic E-state index is 13.7. The standard InChI is InChI=1S/C15H20BrFN2O/c16-11-4-5-13(12(17)8-11)19-14(20)9-15(10-18)6-2-1-3-7-15/h4-5,8H,1-3,6-7,9-10,18H2,(H,19,20). The van der Waals surface area contributed by atoms with Gasteiger partial charge in [-0.2, -0.15) is 0 Å². The molecule has 0 spiro atoms. The van der Waals surface area contributed by atoms with E-state index in [9.17, 15) is 9.18 Å². The number of anilines is 1. The van der Waals surface area contributed by atoms with Gasteiger partial charge in [-0.25, -0.2) is 4.39 Å². The second-order valence-corrected chi connectivity index (χ2v) is 6.53. The van der Waals surface area contributed by atoms with Crippen molar-refractivity contribution < 1.29 is 9.18 Å². The molecule has 0 heterocycles. The summed E-state index contributed by atoms with van der Waals surface area (Å²) in [6, 6.07) is 4.61. The van der Waals surface area contributed by atoms with Crippen molar-refractivity contribution in [3.63, 3.8) is 0 Å². The first kappa shape index (κ1) is 15.4. The minimum absolute atomic E-state index is 0.103. The largest absolute Gasteiger partial charge is 0.330 e. The molecule has 0 unspecified atom stereocenters. The SMILES string of the molecule is NCC1(CC(=O)Nc2ccc(Br)cc2F)CCCCC1. The Balaban J connectivity index is 2.00. The zero-order valence-corrected chi connectivity index (χ0v) is 13.0. The lowest BCUT2D eigenvalue weighted by atomic mass is 9.71. The van der Waals surface area contributed by atoms with Crippen LogP contribution in [0.4, 0.5) is 10.1 Å². The van der Waals surface area contributed by atoms with E-state index in [1.54, 1.807) is 12.1 Å². The molecule has 0 radical (unpaired) electrons. The van der Waals surface area contributed by atoms with Crippen molar-refractivity contribution in [3.05, 3.63) is 28.5 Å². The summed E-state index contributed by atoms with van der Waals surface area (Å²) >= 11 is 3.19. The van der Waals surface area contributed by atoms with E-state index >= 15 is 0 Å². The number of hydrogen-bond donors (Lipinski definition) is 2. The third-order valence-corrected chi connectivity index (χ3v) is 4.58. The highest BCUT2D eigenvalue weighted by Gasteiger charge is 2.33. The molecule has 5 heteroatoms. The van der Waals surface area contributed by atoms with Gasteiger partial charge < -0.3 is 11.1 Å². The molecule has 1 saturated carbocycles. The molecule has 20 heavy (non-hydrogen) atoms. The van der Waals surface area contributed by atoms with Crippen LogP contribution in [0.5, 0.6) is 0 Å². The maximum Gasteiger partial charge on any atom is 0.225 e. The third kappa shape index (κ3) is 3.79. The van der Waals surface area contributed by atoms with Gasteiger partial charge in [0.25, 0.3) is 0 Å². The third-order valence-electron chi connectivity index (χ3n) is 4.09. The van der Waals surface area contributed by atoms with Crippen LogP contribution < -0.4 is 11.1 Å². The summed E-state index contributed by atoms with van der Waals surface area (Å²) in [6.07, 6.45) is 5.80. The number of benzene rings is 1. The van der Waals surface area contributed by atoms with E-state index in [1.807, 2.05) is 0 Å². The summed E-state index contributed by atoms with van der Waals surface area (Å²) in [5.41, 5.74) is 5.99. The molecule has 2 rings (SSSR count). The quantitative estimate of drug-likeness (QED) is 0.873. The Hall–Kier alpha value is -0.940. The van der Waals surface area contributed by atoms with Gasteiger partial charge in [-0.3, -0.25) is 4.79 Å². The number of rotatable bonds is 4. The van der Waals surface area contributed by atoms with Gasteiger partial charge in [0.15, 0.2) is 0 Å². The Morgan fingerprint density at radius 2 is 2.05 bits per heavy atom. The van der Waals surface area contributed by atoms with E-state index in [-0.39, 0.29) is 17.0 Å². The number of hydrogen-bond acceptors (Lipinski definition) is 2. The van der Waals surface area contributed by atoms with Crippen LogP contribution in [0.2, 0.25) is 0 Å². The molecule has 0 aromatic heterocycles. The molecular weight excluding hydrogens is 323 g/mol. The summed E-state index contributed by atoms with van der Waals surface area (Å²) in [7, 11) is 0. The van der Waals surface area contributed by atoms with E-state index in [4.69, 9.17) is 5.73 Å². The Kier molecular flexibility index (Phi) is 5.16. The summed E-state index contributed by atoms with van der Waals surface area (Å²) < 4.78 is 14.3. The molecule has 110 valence electrons. The molecule has 1 aromatic rings. The first-order valence-electron chi connectivity index (χ1n) is 7.00. The number of halogens is 2. The average molecular weight is 343 g/mol. The van der Waals surface area contributed by atoms with Gasteiger partial charge in [-0.05, 0) is 43.0 Å². The molecule has 1 amide bonds. The Labute approximate surface area is 127 Å². The van der Waals surface area contributed by atoms with Crippen LogP contribution in [0.15, 0.2) is 22.7 Å². The van der Waals surface area contributed by atoms with Gasteiger partial charge in [0.1, 0.15) is 5.82 Å². The highest BCUT2D eigenvalue weighted by Crippen LogP contribution is 2.38. The van der Waals surface area contributed by atoms with E-state index in [0.717, 1.165) is 25.7 Å². The molecule has 3 N–H and O–H groups in total. The average Bonchev–Trinajstić information content (AvgIpc) is 2.43. The van der Waals surface area contributed by atoms with Crippen molar-refractivity contribution in [1.82, 2.24) is 0 Å². The number of nitrogens with one attached hydrogen (secondary N) is 1. The summed E-state index contributed by atoms with van der Waals surface area (Å²) in [4.78, 5) is 12.1. The first-order valence-corrected chi connectivity index (χ1v) is 7.79. The summed E-state index contributed by atoms with van der Waals surface area (Å²) in [6.45, 7) is 0.517. The second-order valence-electron chi connectivity index (χ2n) is 5.61. The summed E-state index contributed by atoms with van der Waals surface area (Å²) in [5.74, 6) is -0.586. The number of nitrogens with two attached hydrogens (primary N) is 1. The van der Waals surface area contributed by atoms with E-state index in [0.29, 0.717) is 17.4 Å². The molecule has 1 aliphatic carbocycles. The minimum atomic E-state index is -0.432. The number of carbonyl (C=O) groups is 1. The van der Waals surface area contributed by atoms with Crippen molar-refractivity contribution in [2.75, 3.05) is 11.9 Å². The lowest BCUT2D eigenvalue weighted by Crippen LogP contribution is -2.36. The van der Waals surface area contributed by atoms with Crippen LogP contribution >= 0.6 is 15.9 Å². The van der Waals surface area contributed by atoms with Crippen molar-refractivity contribution in [2.24, 2.45) is 11.1 Å². The zero-order chi connectivity index (χ0) is 14.6. The predicted molar refractivity (Wildman–Crippen MR) is 81.9 cm³/mol. The topological polar surface area (TPSA) is 55.1 Å². The maximum absolute atomic E-state index is 13.7. The van der Waals surface area contributed by atoms with E-state index < -0.39 is 5.82 Å². The molecule has 1 aromatic carbocycles. The fourth-order valence-corrected chi connectivity index (χ4v) is 3.21. The van der Waals surface area contributed by atoms with Crippen molar-refractivity contribution in [2.45, 2.75) is 38.5 Å². The molecule has 1 fully saturated rings. The van der Waals surface area contributed by atoms with Crippen LogP contribution in [-0.2, 0) is 4.79 Å². The molecule has 3 nitrogen and oxygen atoms in total. The minimum Gasteiger partial charge on any atom is -0.330 e. The van der Waals surface area contributed by atoms with Crippen LogP contribution in [0.3, 0.4) is 0 Å². The van der Waals surface area contributed by atoms with Gasteiger partial charge in [0.05, 0.1) is 5.69 Å². The van der Waals surface area contributed by atoms with Crippen LogP contribution in [-0.4, -0.2) is 12.5 Å². The van der Waals surface area contributed by atoms with Gasteiger partial charge in [0.2, 0.25) is 5.91 Å². The lowest BCUT2D eigenvalue weighted by Gasteiger charge is -2.35. The number of amides is 1. The molecule has 1 aliphatic rings. The normalized spacial score (nSPS) is 17.8. The van der Waals surface area contributed by atoms with Crippen LogP contribution in [0, 0.1) is 11.2 Å². The Morgan fingerprint density at radius 3 is 2.65 bits per heavy atom. The van der Waals surface area contributed by atoms with Crippen LogP contribution in [0.1, 0.15) is 38.5 Å². The highest BCUT2D eigenvalue weighted by molar-refractivity contribution is 9.10. The van der Waals surface area contributed by atoms with Gasteiger partial charge in [-0.15, -0.1) is 0 Å². The lowest BCUT2D eigenvalue weighted by molar-refractivity contribution is -0.118. The van der Waals surface area contributed by atoms with Crippen LogP contribution in [0.25, 0.3) is 0 Å². The van der Waals surface area contributed by atoms with Gasteiger partial charge in [-0.1, -0.05) is 35.2 Å². The van der Waals surface area contributed by atoms with E-state index in [2.05, 4.69) is 21.2 Å². The van der Waals surface area contributed by atoms with Crippen molar-refractivity contribution >= 4 is 27.5 Å². The molecular formula is C15H20BrFN2O. The zero-order valence-electron chi connectivity index (χ0n) is 11.4. The molecule has 0 atom stereocenters. The van der Waals surface area contributed by atoms with Crippen molar-refractivity contribution in [1.29, 1.82) is 0 Å². The molecule has 0 saturated heterocycles. The van der Waals surface area contributed by atoms with E-state index in [1.165, 1.54) is 12.5 Å².